The van der Waals surface area contributed by atoms with Gasteiger partial charge in [-0.05, 0) is 24.1 Å². The Bertz CT molecular complexity index is 826. The minimum atomic E-state index is 0.000463. The average molecular weight is 310 g/mol. The first-order chi connectivity index (χ1) is 10.6. The number of nitrogens with zero attached hydrogens (tertiary/aromatic N) is 1. The Balaban J connectivity index is 2.30. The number of benzene rings is 2. The maximum Gasteiger partial charge on any atom is 0.197 e. The van der Waals surface area contributed by atoms with Crippen LogP contribution < -0.4 is 5.43 Å². The van der Waals surface area contributed by atoms with Crippen molar-refractivity contribution in [1.29, 1.82) is 0 Å². The Hall–Kier alpha value is -2.32. The molecule has 0 unspecified atom stereocenters. The third-order valence-corrected chi connectivity index (χ3v) is 4.08. The molecule has 0 N–H and O–H groups in total. The van der Waals surface area contributed by atoms with Crippen LogP contribution in [0.25, 0.3) is 22.3 Å². The fraction of sp³-hybridized carbons (Fsp3) is 0.105. The highest BCUT2D eigenvalue weighted by Gasteiger charge is 2.13. The van der Waals surface area contributed by atoms with Crippen molar-refractivity contribution < 1.29 is 0 Å². The van der Waals surface area contributed by atoms with Gasteiger partial charge in [-0.15, -0.1) is 0 Å². The van der Waals surface area contributed by atoms with E-state index in [-0.39, 0.29) is 5.43 Å². The summed E-state index contributed by atoms with van der Waals surface area (Å²) in [6.07, 6.45) is 3.69. The SMILES string of the molecule is Cc1ccccc1-c1cn(C)cc(-c2ccccc2Cl)c1=O. The predicted molar refractivity (Wildman–Crippen MR) is 92.3 cm³/mol. The largest absolute Gasteiger partial charge is 0.356 e. The molecular formula is C19H16ClNO. The van der Waals surface area contributed by atoms with Gasteiger partial charge in [0.2, 0.25) is 0 Å². The third kappa shape index (κ3) is 2.58. The van der Waals surface area contributed by atoms with E-state index in [1.807, 2.05) is 73.4 Å². The van der Waals surface area contributed by atoms with E-state index in [1.165, 1.54) is 0 Å². The predicted octanol–water partition coefficient (Wildman–Crippen LogP) is 4.68. The van der Waals surface area contributed by atoms with Gasteiger partial charge >= 0.3 is 0 Å². The van der Waals surface area contributed by atoms with Gasteiger partial charge in [0.1, 0.15) is 0 Å². The molecule has 22 heavy (non-hydrogen) atoms. The molecule has 3 heteroatoms. The van der Waals surface area contributed by atoms with Crippen LogP contribution in [0.15, 0.2) is 65.7 Å². The molecule has 0 atom stereocenters. The number of aromatic nitrogens is 1. The van der Waals surface area contributed by atoms with Crippen molar-refractivity contribution in [2.45, 2.75) is 6.92 Å². The lowest BCUT2D eigenvalue weighted by Crippen LogP contribution is -2.12. The second kappa shape index (κ2) is 5.82. The van der Waals surface area contributed by atoms with Gasteiger partial charge in [-0.3, -0.25) is 4.79 Å². The standard InChI is InChI=1S/C19H16ClNO/c1-13-7-3-4-8-14(13)16-11-21(2)12-17(19(16)22)15-9-5-6-10-18(15)20/h3-12H,1-2H3. The first kappa shape index (κ1) is 14.6. The molecule has 1 aromatic heterocycles. The summed E-state index contributed by atoms with van der Waals surface area (Å²) in [5.41, 5.74) is 4.11. The summed E-state index contributed by atoms with van der Waals surface area (Å²) < 4.78 is 1.90. The van der Waals surface area contributed by atoms with Crippen molar-refractivity contribution in [3.63, 3.8) is 0 Å². The van der Waals surface area contributed by atoms with Crippen LogP contribution in [0.2, 0.25) is 5.02 Å². The van der Waals surface area contributed by atoms with E-state index >= 15 is 0 Å². The highest BCUT2D eigenvalue weighted by atomic mass is 35.5. The molecule has 0 bridgehead atoms. The van der Waals surface area contributed by atoms with E-state index in [0.29, 0.717) is 16.1 Å². The zero-order valence-corrected chi connectivity index (χ0v) is 13.3. The van der Waals surface area contributed by atoms with Crippen LogP contribution in [-0.4, -0.2) is 4.57 Å². The fourth-order valence-electron chi connectivity index (χ4n) is 2.65. The molecule has 0 aliphatic carbocycles. The van der Waals surface area contributed by atoms with E-state index in [1.54, 1.807) is 6.07 Å². The number of hydrogen-bond donors (Lipinski definition) is 0. The molecule has 0 saturated carbocycles. The lowest BCUT2D eigenvalue weighted by molar-refractivity contribution is 0.904. The molecule has 0 aliphatic rings. The Labute approximate surface area is 134 Å². The van der Waals surface area contributed by atoms with E-state index < -0.39 is 0 Å². The number of hydrogen-bond acceptors (Lipinski definition) is 1. The maximum atomic E-state index is 13.0. The number of pyridine rings is 1. The van der Waals surface area contributed by atoms with Gasteiger partial charge in [0.25, 0.3) is 0 Å². The van der Waals surface area contributed by atoms with Crippen molar-refractivity contribution in [3.05, 3.63) is 81.7 Å². The lowest BCUT2D eigenvalue weighted by Gasteiger charge is -2.11. The summed E-state index contributed by atoms with van der Waals surface area (Å²) in [7, 11) is 1.92. The van der Waals surface area contributed by atoms with Gasteiger partial charge in [0.05, 0.1) is 0 Å². The lowest BCUT2D eigenvalue weighted by atomic mass is 9.98. The van der Waals surface area contributed by atoms with Crippen LogP contribution in [0.1, 0.15) is 5.56 Å². The first-order valence-corrected chi connectivity index (χ1v) is 7.47. The molecule has 0 fully saturated rings. The molecule has 2 nitrogen and oxygen atoms in total. The van der Waals surface area contributed by atoms with Crippen molar-refractivity contribution in [2.75, 3.05) is 0 Å². The quantitative estimate of drug-likeness (QED) is 0.673. The van der Waals surface area contributed by atoms with Crippen LogP contribution in [-0.2, 0) is 7.05 Å². The van der Waals surface area contributed by atoms with Crippen molar-refractivity contribution in [2.24, 2.45) is 7.05 Å². The van der Waals surface area contributed by atoms with Crippen LogP contribution in [0.5, 0.6) is 0 Å². The molecule has 0 aliphatic heterocycles. The summed E-state index contributed by atoms with van der Waals surface area (Å²) in [4.78, 5) is 13.0. The van der Waals surface area contributed by atoms with E-state index in [0.717, 1.165) is 16.7 Å². The van der Waals surface area contributed by atoms with Gasteiger partial charge < -0.3 is 4.57 Å². The van der Waals surface area contributed by atoms with E-state index in [4.69, 9.17) is 11.6 Å². The summed E-state index contributed by atoms with van der Waals surface area (Å²) >= 11 is 6.26. The molecule has 3 rings (SSSR count). The fourth-order valence-corrected chi connectivity index (χ4v) is 2.88. The number of halogens is 1. The molecular weight excluding hydrogens is 294 g/mol. The second-order valence-electron chi connectivity index (χ2n) is 5.37. The molecule has 0 amide bonds. The molecule has 0 radical (unpaired) electrons. The average Bonchev–Trinajstić information content (AvgIpc) is 2.51. The van der Waals surface area contributed by atoms with E-state index in [9.17, 15) is 4.79 Å². The normalized spacial score (nSPS) is 10.7. The van der Waals surface area contributed by atoms with Gasteiger partial charge in [-0.2, -0.15) is 0 Å². The van der Waals surface area contributed by atoms with Crippen LogP contribution in [0.4, 0.5) is 0 Å². The number of aryl methyl sites for hydroxylation is 2. The zero-order chi connectivity index (χ0) is 15.7. The Kier molecular flexibility index (Phi) is 3.86. The minimum Gasteiger partial charge on any atom is -0.356 e. The summed E-state index contributed by atoms with van der Waals surface area (Å²) in [6.45, 7) is 2.01. The molecule has 2 aromatic carbocycles. The van der Waals surface area contributed by atoms with Crippen molar-refractivity contribution in [3.8, 4) is 22.3 Å². The van der Waals surface area contributed by atoms with Crippen LogP contribution >= 0.6 is 11.6 Å². The van der Waals surface area contributed by atoms with Gasteiger partial charge in [-0.1, -0.05) is 54.1 Å². The van der Waals surface area contributed by atoms with Crippen LogP contribution in [0.3, 0.4) is 0 Å². The van der Waals surface area contributed by atoms with Gasteiger partial charge in [-0.25, -0.2) is 0 Å². The smallest absolute Gasteiger partial charge is 0.197 e. The Morgan fingerprint density at radius 2 is 1.36 bits per heavy atom. The van der Waals surface area contributed by atoms with E-state index in [2.05, 4.69) is 0 Å². The molecule has 3 aromatic rings. The molecule has 1 heterocycles. The van der Waals surface area contributed by atoms with Gasteiger partial charge in [0, 0.05) is 41.2 Å². The topological polar surface area (TPSA) is 22.0 Å². The summed E-state index contributed by atoms with van der Waals surface area (Å²) in [6, 6.07) is 15.3. The summed E-state index contributed by atoms with van der Waals surface area (Å²) in [5.74, 6) is 0. The van der Waals surface area contributed by atoms with Crippen molar-refractivity contribution >= 4 is 11.6 Å². The number of rotatable bonds is 2. The Morgan fingerprint density at radius 1 is 0.818 bits per heavy atom. The minimum absolute atomic E-state index is 0.000463. The monoisotopic (exact) mass is 309 g/mol. The molecule has 0 saturated heterocycles. The van der Waals surface area contributed by atoms with Crippen LogP contribution in [0, 0.1) is 6.92 Å². The highest BCUT2D eigenvalue weighted by Crippen LogP contribution is 2.27. The van der Waals surface area contributed by atoms with Crippen molar-refractivity contribution in [1.82, 2.24) is 4.57 Å². The molecule has 0 spiro atoms. The van der Waals surface area contributed by atoms with Gasteiger partial charge in [0.15, 0.2) is 5.43 Å². The molecule has 110 valence electrons. The zero-order valence-electron chi connectivity index (χ0n) is 12.5. The third-order valence-electron chi connectivity index (χ3n) is 3.75. The maximum absolute atomic E-state index is 13.0. The first-order valence-electron chi connectivity index (χ1n) is 7.09. The Morgan fingerprint density at radius 3 is 2.00 bits per heavy atom. The highest BCUT2D eigenvalue weighted by molar-refractivity contribution is 6.33. The summed E-state index contributed by atoms with van der Waals surface area (Å²) in [5, 5.41) is 0.585. The second-order valence-corrected chi connectivity index (χ2v) is 5.78.